The number of rotatable bonds is 5. The molecule has 0 bridgehead atoms. The van der Waals surface area contributed by atoms with Crippen LogP contribution >= 0.6 is 0 Å². The minimum Gasteiger partial charge on any atom is -0.379 e. The standard InChI is InChI=1S/C22H23N3O5S/c1-2-15-5-3-4-6-19(15)24-22(27)18-14-21(26)23-20-8-7-16(13-17(18)20)31(28,29)25-9-11-30-12-10-25/h3-8,13-14H,2,9-12H2,1H3,(H,23,26)(H,24,27). The highest BCUT2D eigenvalue weighted by Gasteiger charge is 2.27. The van der Waals surface area contributed by atoms with Crippen molar-refractivity contribution < 1.29 is 17.9 Å². The number of para-hydroxylation sites is 1. The fraction of sp³-hybridized carbons (Fsp3) is 0.273. The summed E-state index contributed by atoms with van der Waals surface area (Å²) in [5.41, 5.74) is 1.68. The van der Waals surface area contributed by atoms with Crippen molar-refractivity contribution in [3.05, 3.63) is 70.0 Å². The second kappa shape index (κ2) is 8.62. The smallest absolute Gasteiger partial charge is 0.256 e. The molecule has 1 aliphatic rings. The number of hydrogen-bond acceptors (Lipinski definition) is 5. The average Bonchev–Trinajstić information content (AvgIpc) is 2.79. The first-order valence-electron chi connectivity index (χ1n) is 10.0. The number of nitrogens with one attached hydrogen (secondary N) is 2. The molecule has 162 valence electrons. The molecule has 4 rings (SSSR count). The number of aromatic nitrogens is 1. The van der Waals surface area contributed by atoms with Crippen molar-refractivity contribution in [2.75, 3.05) is 31.6 Å². The number of aryl methyl sites for hydroxylation is 1. The Labute approximate surface area is 179 Å². The zero-order valence-corrected chi connectivity index (χ0v) is 17.9. The van der Waals surface area contributed by atoms with Crippen LogP contribution in [-0.2, 0) is 21.2 Å². The number of aromatic amines is 1. The summed E-state index contributed by atoms with van der Waals surface area (Å²) in [6, 6.07) is 13.0. The fourth-order valence-electron chi connectivity index (χ4n) is 3.66. The summed E-state index contributed by atoms with van der Waals surface area (Å²) in [5.74, 6) is -0.474. The zero-order chi connectivity index (χ0) is 22.0. The van der Waals surface area contributed by atoms with Gasteiger partial charge in [-0.1, -0.05) is 25.1 Å². The van der Waals surface area contributed by atoms with Crippen LogP contribution in [0.1, 0.15) is 22.8 Å². The Hall–Kier alpha value is -3.01. The monoisotopic (exact) mass is 441 g/mol. The largest absolute Gasteiger partial charge is 0.379 e. The van der Waals surface area contributed by atoms with E-state index in [1.54, 1.807) is 6.07 Å². The third kappa shape index (κ3) is 4.25. The molecule has 0 unspecified atom stereocenters. The number of hydrogen-bond donors (Lipinski definition) is 2. The predicted octanol–water partition coefficient (Wildman–Crippen LogP) is 2.36. The van der Waals surface area contributed by atoms with E-state index in [0.717, 1.165) is 12.0 Å². The van der Waals surface area contributed by atoms with Crippen LogP contribution in [0.4, 0.5) is 5.69 Å². The molecule has 3 aromatic rings. The number of amides is 1. The van der Waals surface area contributed by atoms with Gasteiger partial charge in [-0.15, -0.1) is 0 Å². The molecule has 1 aliphatic heterocycles. The minimum absolute atomic E-state index is 0.0666. The highest BCUT2D eigenvalue weighted by molar-refractivity contribution is 7.89. The lowest BCUT2D eigenvalue weighted by Gasteiger charge is -2.26. The number of nitrogens with zero attached hydrogens (tertiary/aromatic N) is 1. The third-order valence-corrected chi connectivity index (χ3v) is 7.21. The van der Waals surface area contributed by atoms with Crippen LogP contribution in [-0.4, -0.2) is 49.9 Å². The molecule has 8 nitrogen and oxygen atoms in total. The summed E-state index contributed by atoms with van der Waals surface area (Å²) >= 11 is 0. The number of fused-ring (bicyclic) bond motifs is 1. The van der Waals surface area contributed by atoms with Crippen molar-refractivity contribution >= 4 is 32.5 Å². The van der Waals surface area contributed by atoms with Crippen LogP contribution in [0.25, 0.3) is 10.9 Å². The van der Waals surface area contributed by atoms with Gasteiger partial charge in [-0.2, -0.15) is 4.31 Å². The van der Waals surface area contributed by atoms with Crippen LogP contribution in [0, 0.1) is 0 Å². The third-order valence-electron chi connectivity index (χ3n) is 5.31. The van der Waals surface area contributed by atoms with E-state index < -0.39 is 21.5 Å². The van der Waals surface area contributed by atoms with Gasteiger partial charge in [0, 0.05) is 35.7 Å². The topological polar surface area (TPSA) is 109 Å². The summed E-state index contributed by atoms with van der Waals surface area (Å²) in [6.07, 6.45) is 0.731. The van der Waals surface area contributed by atoms with E-state index in [1.165, 1.54) is 28.6 Å². The average molecular weight is 442 g/mol. The number of carbonyl (C=O) groups excluding carboxylic acids is 1. The number of sulfonamides is 1. The molecule has 0 aliphatic carbocycles. The molecule has 1 saturated heterocycles. The van der Waals surface area contributed by atoms with Crippen molar-refractivity contribution in [3.63, 3.8) is 0 Å². The summed E-state index contributed by atoms with van der Waals surface area (Å²) in [4.78, 5) is 27.9. The summed E-state index contributed by atoms with van der Waals surface area (Å²) < 4.78 is 32.7. The predicted molar refractivity (Wildman–Crippen MR) is 118 cm³/mol. The van der Waals surface area contributed by atoms with Gasteiger partial charge in [0.25, 0.3) is 5.91 Å². The highest BCUT2D eigenvalue weighted by atomic mass is 32.2. The van der Waals surface area contributed by atoms with E-state index >= 15 is 0 Å². The molecule has 9 heteroatoms. The van der Waals surface area contributed by atoms with Crippen LogP contribution in [0.3, 0.4) is 0 Å². The van der Waals surface area contributed by atoms with Gasteiger partial charge in [0.05, 0.1) is 23.7 Å². The van der Waals surface area contributed by atoms with Crippen molar-refractivity contribution in [2.45, 2.75) is 18.2 Å². The van der Waals surface area contributed by atoms with Gasteiger partial charge in [0.1, 0.15) is 0 Å². The van der Waals surface area contributed by atoms with Crippen molar-refractivity contribution in [2.24, 2.45) is 0 Å². The molecule has 0 radical (unpaired) electrons. The van der Waals surface area contributed by atoms with E-state index in [4.69, 9.17) is 4.74 Å². The molecule has 2 N–H and O–H groups in total. The molecule has 0 atom stereocenters. The quantitative estimate of drug-likeness (QED) is 0.632. The molecule has 1 amide bonds. The molecule has 31 heavy (non-hydrogen) atoms. The van der Waals surface area contributed by atoms with E-state index in [2.05, 4.69) is 10.3 Å². The number of ether oxygens (including phenoxy) is 1. The number of morpholine rings is 1. The van der Waals surface area contributed by atoms with Gasteiger partial charge < -0.3 is 15.0 Å². The van der Waals surface area contributed by atoms with Crippen LogP contribution in [0.5, 0.6) is 0 Å². The van der Waals surface area contributed by atoms with Gasteiger partial charge in [0.2, 0.25) is 15.6 Å². The zero-order valence-electron chi connectivity index (χ0n) is 17.1. The number of benzene rings is 2. The highest BCUT2D eigenvalue weighted by Crippen LogP contribution is 2.24. The lowest BCUT2D eigenvalue weighted by Crippen LogP contribution is -2.40. The second-order valence-electron chi connectivity index (χ2n) is 7.24. The first-order valence-corrected chi connectivity index (χ1v) is 11.5. The SMILES string of the molecule is CCc1ccccc1NC(=O)c1cc(=O)[nH]c2ccc(S(=O)(=O)N3CCOCC3)cc12. The van der Waals surface area contributed by atoms with E-state index in [9.17, 15) is 18.0 Å². The first kappa shape index (κ1) is 21.2. The van der Waals surface area contributed by atoms with Gasteiger partial charge in [-0.25, -0.2) is 8.42 Å². The summed E-state index contributed by atoms with van der Waals surface area (Å²) in [5, 5.41) is 3.21. The molecule has 2 heterocycles. The Morgan fingerprint density at radius 2 is 1.87 bits per heavy atom. The second-order valence-corrected chi connectivity index (χ2v) is 9.17. The van der Waals surface area contributed by atoms with Crippen LogP contribution in [0.2, 0.25) is 0 Å². The van der Waals surface area contributed by atoms with Gasteiger partial charge in [-0.05, 0) is 36.2 Å². The van der Waals surface area contributed by atoms with E-state index in [1.807, 2.05) is 25.1 Å². The summed E-state index contributed by atoms with van der Waals surface area (Å²) in [6.45, 7) is 3.20. The summed E-state index contributed by atoms with van der Waals surface area (Å²) in [7, 11) is -3.75. The Kier molecular flexibility index (Phi) is 5.90. The Bertz CT molecular complexity index is 1290. The molecule has 0 saturated carbocycles. The lowest BCUT2D eigenvalue weighted by molar-refractivity contribution is 0.0730. The minimum atomic E-state index is -3.75. The molecule has 2 aromatic carbocycles. The van der Waals surface area contributed by atoms with Crippen molar-refractivity contribution in [1.29, 1.82) is 0 Å². The van der Waals surface area contributed by atoms with E-state index in [0.29, 0.717) is 29.8 Å². The van der Waals surface area contributed by atoms with Crippen molar-refractivity contribution in [3.8, 4) is 0 Å². The van der Waals surface area contributed by atoms with Crippen LogP contribution in [0.15, 0.2) is 58.2 Å². The number of anilines is 1. The maximum atomic E-state index is 13.1. The molecule has 0 spiro atoms. The maximum Gasteiger partial charge on any atom is 0.256 e. The Morgan fingerprint density at radius 3 is 2.61 bits per heavy atom. The maximum absolute atomic E-state index is 13.1. The number of pyridine rings is 1. The molecular weight excluding hydrogens is 418 g/mol. The fourth-order valence-corrected chi connectivity index (χ4v) is 5.09. The Balaban J connectivity index is 1.77. The number of H-pyrrole nitrogens is 1. The van der Waals surface area contributed by atoms with Crippen LogP contribution < -0.4 is 10.9 Å². The molecule has 1 fully saturated rings. The Morgan fingerprint density at radius 1 is 1.13 bits per heavy atom. The normalized spacial score (nSPS) is 15.1. The molecular formula is C22H23N3O5S. The van der Waals surface area contributed by atoms with Gasteiger partial charge in [0.15, 0.2) is 0 Å². The lowest BCUT2D eigenvalue weighted by atomic mass is 10.1. The van der Waals surface area contributed by atoms with Gasteiger partial charge >= 0.3 is 0 Å². The van der Waals surface area contributed by atoms with E-state index in [-0.39, 0.29) is 23.5 Å². The van der Waals surface area contributed by atoms with Gasteiger partial charge in [-0.3, -0.25) is 9.59 Å². The number of carbonyl (C=O) groups is 1. The first-order chi connectivity index (χ1) is 14.9. The van der Waals surface area contributed by atoms with Crippen molar-refractivity contribution in [1.82, 2.24) is 9.29 Å². The molecule has 1 aromatic heterocycles.